The molecule has 1 heterocycles. The molecular formula is C26H36N8O3. The summed E-state index contributed by atoms with van der Waals surface area (Å²) in [5.74, 6) is 2.58. The SMILES string of the molecule is COc1cc(N(C)CCN(C)C)c(N)cc1Nc1nccc(Nc2cc(OC)c(OC)cc2C(C)=N)n1. The number of hydrogen-bond acceptors (Lipinski definition) is 11. The maximum Gasteiger partial charge on any atom is 0.229 e. The monoisotopic (exact) mass is 508 g/mol. The summed E-state index contributed by atoms with van der Waals surface area (Å²) in [5, 5.41) is 14.6. The van der Waals surface area contributed by atoms with E-state index in [0.717, 1.165) is 18.8 Å². The molecule has 3 aromatic rings. The van der Waals surface area contributed by atoms with Crippen molar-refractivity contribution in [3.63, 3.8) is 0 Å². The number of rotatable bonds is 12. The average Bonchev–Trinajstić information content (AvgIpc) is 2.87. The lowest BCUT2D eigenvalue weighted by atomic mass is 10.1. The third kappa shape index (κ3) is 6.70. The molecule has 0 aliphatic rings. The number of benzene rings is 2. The number of hydrogen-bond donors (Lipinski definition) is 4. The number of anilines is 6. The minimum Gasteiger partial charge on any atom is -0.494 e. The van der Waals surface area contributed by atoms with Crippen molar-refractivity contribution in [1.29, 1.82) is 5.41 Å². The first-order chi connectivity index (χ1) is 17.7. The third-order valence-electron chi connectivity index (χ3n) is 5.74. The number of nitrogens with zero attached hydrogens (tertiary/aromatic N) is 4. The van der Waals surface area contributed by atoms with E-state index in [4.69, 9.17) is 25.4 Å². The second kappa shape index (κ2) is 12.1. The van der Waals surface area contributed by atoms with Crippen molar-refractivity contribution >= 4 is 40.2 Å². The Bertz CT molecular complexity index is 1250. The van der Waals surface area contributed by atoms with Crippen molar-refractivity contribution in [3.05, 3.63) is 42.1 Å². The van der Waals surface area contributed by atoms with Crippen molar-refractivity contribution in [1.82, 2.24) is 14.9 Å². The van der Waals surface area contributed by atoms with Gasteiger partial charge in [-0.05, 0) is 39.2 Å². The van der Waals surface area contributed by atoms with Gasteiger partial charge in [0.1, 0.15) is 11.6 Å². The van der Waals surface area contributed by atoms with Crippen LogP contribution in [0, 0.1) is 5.41 Å². The van der Waals surface area contributed by atoms with E-state index in [2.05, 4.69) is 30.4 Å². The molecule has 2 aromatic carbocycles. The Hall–Kier alpha value is -4.25. The summed E-state index contributed by atoms with van der Waals surface area (Å²) in [7, 11) is 10.8. The molecule has 3 rings (SSSR count). The summed E-state index contributed by atoms with van der Waals surface area (Å²) < 4.78 is 16.4. The van der Waals surface area contributed by atoms with Gasteiger partial charge in [0.25, 0.3) is 0 Å². The fourth-order valence-corrected chi connectivity index (χ4v) is 3.69. The quantitative estimate of drug-likeness (QED) is 0.210. The normalized spacial score (nSPS) is 10.7. The van der Waals surface area contributed by atoms with Crippen LogP contribution in [0.25, 0.3) is 0 Å². The van der Waals surface area contributed by atoms with Crippen LogP contribution in [0.3, 0.4) is 0 Å². The van der Waals surface area contributed by atoms with E-state index in [1.54, 1.807) is 52.6 Å². The number of likely N-dealkylation sites (N-methyl/N-ethyl adjacent to an activating group) is 2. The molecule has 0 saturated heterocycles. The van der Waals surface area contributed by atoms with Crippen LogP contribution in [-0.4, -0.2) is 76.1 Å². The fraction of sp³-hybridized carbons (Fsp3) is 0.346. The van der Waals surface area contributed by atoms with Crippen molar-refractivity contribution < 1.29 is 14.2 Å². The zero-order chi connectivity index (χ0) is 27.1. The number of methoxy groups -OCH3 is 3. The fourth-order valence-electron chi connectivity index (χ4n) is 3.69. The summed E-state index contributed by atoms with van der Waals surface area (Å²) in [6.07, 6.45) is 1.63. The Balaban J connectivity index is 1.88. The van der Waals surface area contributed by atoms with Crippen LogP contribution in [0.5, 0.6) is 17.2 Å². The second-order valence-corrected chi connectivity index (χ2v) is 8.73. The summed E-state index contributed by atoms with van der Waals surface area (Å²) in [6.45, 7) is 3.42. The van der Waals surface area contributed by atoms with Crippen LogP contribution in [0.4, 0.5) is 34.5 Å². The van der Waals surface area contributed by atoms with Gasteiger partial charge in [-0.2, -0.15) is 4.98 Å². The van der Waals surface area contributed by atoms with Crippen molar-refractivity contribution in [2.75, 3.05) is 76.8 Å². The predicted molar refractivity (Wildman–Crippen MR) is 150 cm³/mol. The molecule has 11 heteroatoms. The van der Waals surface area contributed by atoms with Crippen LogP contribution in [0.2, 0.25) is 0 Å². The third-order valence-corrected chi connectivity index (χ3v) is 5.74. The lowest BCUT2D eigenvalue weighted by Crippen LogP contribution is -2.29. The van der Waals surface area contributed by atoms with Gasteiger partial charge in [-0.25, -0.2) is 4.98 Å². The Morgan fingerprint density at radius 1 is 0.919 bits per heavy atom. The number of nitrogens with one attached hydrogen (secondary N) is 3. The van der Waals surface area contributed by atoms with Crippen LogP contribution >= 0.6 is 0 Å². The topological polar surface area (TPSA) is 134 Å². The Labute approximate surface area is 218 Å². The lowest BCUT2D eigenvalue weighted by Gasteiger charge is -2.24. The van der Waals surface area contributed by atoms with Crippen LogP contribution < -0.4 is 35.5 Å². The van der Waals surface area contributed by atoms with Crippen LogP contribution in [0.15, 0.2) is 36.5 Å². The molecular weight excluding hydrogens is 472 g/mol. The highest BCUT2D eigenvalue weighted by Crippen LogP contribution is 2.37. The molecule has 1 aromatic heterocycles. The molecule has 0 aliphatic carbocycles. The molecule has 11 nitrogen and oxygen atoms in total. The van der Waals surface area contributed by atoms with Gasteiger partial charge in [0.15, 0.2) is 11.5 Å². The van der Waals surface area contributed by atoms with E-state index in [-0.39, 0.29) is 0 Å². The Morgan fingerprint density at radius 2 is 1.59 bits per heavy atom. The first-order valence-electron chi connectivity index (χ1n) is 11.7. The molecule has 0 saturated carbocycles. The predicted octanol–water partition coefficient (Wildman–Crippen LogP) is 3.96. The Morgan fingerprint density at radius 3 is 2.22 bits per heavy atom. The van der Waals surface area contributed by atoms with E-state index in [1.807, 2.05) is 33.3 Å². The van der Waals surface area contributed by atoms with Gasteiger partial charge in [0.05, 0.1) is 44.1 Å². The van der Waals surface area contributed by atoms with E-state index in [0.29, 0.717) is 57.4 Å². The standard InChI is InChI=1S/C26H36N8O3/c1-16(27)17-12-23(36-6)24(37-7)14-19(17)30-25-8-9-29-26(32-25)31-20-13-18(28)21(15-22(20)35-5)34(4)11-10-33(2)3/h8-9,12-15,27H,10-11,28H2,1-7H3,(H2,29,30,31,32). The number of ether oxygens (including phenoxy) is 3. The maximum absolute atomic E-state index is 8.18. The zero-order valence-corrected chi connectivity index (χ0v) is 22.5. The maximum atomic E-state index is 8.18. The number of nitrogens with two attached hydrogens (primary N) is 1. The van der Waals surface area contributed by atoms with E-state index >= 15 is 0 Å². The van der Waals surface area contributed by atoms with Gasteiger partial charge in [-0.15, -0.1) is 0 Å². The minimum absolute atomic E-state index is 0.352. The molecule has 0 fully saturated rings. The minimum atomic E-state index is 0.352. The van der Waals surface area contributed by atoms with E-state index in [9.17, 15) is 0 Å². The molecule has 198 valence electrons. The molecule has 37 heavy (non-hydrogen) atoms. The second-order valence-electron chi connectivity index (χ2n) is 8.73. The summed E-state index contributed by atoms with van der Waals surface area (Å²) in [4.78, 5) is 13.1. The lowest BCUT2D eigenvalue weighted by molar-refractivity contribution is 0.355. The highest BCUT2D eigenvalue weighted by atomic mass is 16.5. The van der Waals surface area contributed by atoms with E-state index < -0.39 is 0 Å². The zero-order valence-electron chi connectivity index (χ0n) is 22.5. The van der Waals surface area contributed by atoms with Crippen molar-refractivity contribution in [2.45, 2.75) is 6.92 Å². The molecule has 0 aliphatic heterocycles. The molecule has 0 unspecified atom stereocenters. The molecule has 0 atom stereocenters. The van der Waals surface area contributed by atoms with Gasteiger partial charge in [-0.3, -0.25) is 0 Å². The van der Waals surface area contributed by atoms with Gasteiger partial charge >= 0.3 is 0 Å². The molecule has 0 amide bonds. The number of aromatic nitrogens is 2. The van der Waals surface area contributed by atoms with E-state index in [1.165, 1.54) is 0 Å². The molecule has 0 spiro atoms. The highest BCUT2D eigenvalue weighted by molar-refractivity contribution is 6.02. The molecule has 0 radical (unpaired) electrons. The largest absolute Gasteiger partial charge is 0.494 e. The highest BCUT2D eigenvalue weighted by Gasteiger charge is 2.16. The first-order valence-corrected chi connectivity index (χ1v) is 11.7. The molecule has 0 bridgehead atoms. The van der Waals surface area contributed by atoms with Gasteiger partial charge < -0.3 is 45.8 Å². The van der Waals surface area contributed by atoms with Crippen LogP contribution in [0.1, 0.15) is 12.5 Å². The summed E-state index contributed by atoms with van der Waals surface area (Å²) in [6, 6.07) is 8.98. The van der Waals surface area contributed by atoms with Gasteiger partial charge in [0, 0.05) is 49.7 Å². The Kier molecular flexibility index (Phi) is 8.96. The summed E-state index contributed by atoms with van der Waals surface area (Å²) >= 11 is 0. The molecule has 5 N–H and O–H groups in total. The van der Waals surface area contributed by atoms with Gasteiger partial charge in [0.2, 0.25) is 5.95 Å². The van der Waals surface area contributed by atoms with Crippen LogP contribution in [-0.2, 0) is 0 Å². The number of nitrogen functional groups attached to an aromatic ring is 1. The van der Waals surface area contributed by atoms with Crippen molar-refractivity contribution in [2.24, 2.45) is 0 Å². The van der Waals surface area contributed by atoms with Gasteiger partial charge in [-0.1, -0.05) is 0 Å². The smallest absolute Gasteiger partial charge is 0.229 e. The summed E-state index contributed by atoms with van der Waals surface area (Å²) in [5.41, 5.74) is 10.2. The average molecular weight is 509 g/mol. The first kappa shape index (κ1) is 27.3. The van der Waals surface area contributed by atoms with Crippen molar-refractivity contribution in [3.8, 4) is 17.2 Å².